The van der Waals surface area contributed by atoms with Crippen molar-refractivity contribution in [1.82, 2.24) is 9.62 Å². The number of aryl methyl sites for hydroxylation is 1. The van der Waals surface area contributed by atoms with Crippen LogP contribution < -0.4 is 10.0 Å². The van der Waals surface area contributed by atoms with Gasteiger partial charge < -0.3 is 19.9 Å². The van der Waals surface area contributed by atoms with Gasteiger partial charge in [-0.15, -0.1) is 0 Å². The lowest BCUT2D eigenvalue weighted by Crippen LogP contribution is -2.45. The maximum Gasteiger partial charge on any atom is 0.242 e. The zero-order chi connectivity index (χ0) is 38.1. The van der Waals surface area contributed by atoms with E-state index in [1.54, 1.807) is 36.4 Å². The number of aliphatic hydroxyl groups is 1. The molecule has 1 saturated carbocycles. The maximum atomic E-state index is 13.8. The second kappa shape index (κ2) is 15.7. The van der Waals surface area contributed by atoms with Crippen LogP contribution in [-0.2, 0) is 37.3 Å². The number of ether oxygens (including phenoxy) is 2. The molecular weight excluding hydrogens is 699 g/mol. The number of fused-ring (bicyclic) bond motifs is 2. The van der Waals surface area contributed by atoms with Crippen LogP contribution in [0.1, 0.15) is 86.7 Å². The van der Waals surface area contributed by atoms with E-state index in [1.165, 1.54) is 19.3 Å². The zero-order valence-corrected chi connectivity index (χ0v) is 32.5. The van der Waals surface area contributed by atoms with Gasteiger partial charge in [-0.1, -0.05) is 105 Å². The Bertz CT molecular complexity index is 2000. The first-order chi connectivity index (χ1) is 25.8. The highest BCUT2D eigenvalue weighted by Gasteiger charge is 2.50. The van der Waals surface area contributed by atoms with Crippen molar-refractivity contribution in [3.63, 3.8) is 0 Å². The Morgan fingerprint density at radius 2 is 1.56 bits per heavy atom. The molecule has 0 spiro atoms. The highest BCUT2D eigenvalue weighted by Crippen LogP contribution is 2.53. The lowest BCUT2D eigenvalue weighted by atomic mass is 9.65. The molecule has 6 unspecified atom stereocenters. The van der Waals surface area contributed by atoms with Crippen LogP contribution >= 0.6 is 0 Å². The van der Waals surface area contributed by atoms with Gasteiger partial charge in [-0.2, -0.15) is 4.72 Å². The van der Waals surface area contributed by atoms with Gasteiger partial charge in [0.05, 0.1) is 23.7 Å². The Morgan fingerprint density at radius 3 is 2.24 bits per heavy atom. The third-order valence-corrected chi connectivity index (χ3v) is 12.7. The number of aliphatic hydroxyl groups excluding tert-OH is 1. The molecular formula is C44H53N3O6S. The molecule has 3 N–H and O–H groups in total. The first-order valence-corrected chi connectivity index (χ1v) is 20.5. The van der Waals surface area contributed by atoms with Gasteiger partial charge in [0, 0.05) is 36.8 Å². The molecule has 3 aliphatic rings. The normalized spacial score (nSPS) is 25.9. The molecule has 0 aromatic heterocycles. The van der Waals surface area contributed by atoms with Crippen LogP contribution in [0, 0.1) is 17.8 Å². The highest BCUT2D eigenvalue weighted by molar-refractivity contribution is 7.89. The van der Waals surface area contributed by atoms with Crippen LogP contribution in [0.25, 0.3) is 0 Å². The number of nitrogens with zero attached hydrogens (tertiary/aromatic N) is 1. The molecule has 4 aromatic carbocycles. The monoisotopic (exact) mass is 751 g/mol. The Labute approximate surface area is 320 Å². The number of likely N-dealkylation sites (tertiary alicyclic amines) is 1. The standard InChI is InChI=1S/C44H53N3O6S/c1-30-10-20-38(21-11-30)54(50,51)46-39(22-31-8-6-5-7-9-31)41(49)45-35-18-16-34(17-19-35)42-52-37(23-40(53-42)33-14-12-32(27-48)13-15-33)26-47-29-44(4)25-36(47)24-43(2,3)28-44/h5-21,36-37,39-40,42,46,48H,22-29H2,1-4H3,(H,45,49). The minimum Gasteiger partial charge on any atom is -0.392 e. The number of carbonyl (C=O) groups excluding carboxylic acids is 1. The largest absolute Gasteiger partial charge is 0.392 e. The van der Waals surface area contributed by atoms with Crippen molar-refractivity contribution in [1.29, 1.82) is 0 Å². The molecule has 6 atom stereocenters. The molecule has 1 aliphatic carbocycles. The molecule has 7 rings (SSSR count). The van der Waals surface area contributed by atoms with Crippen molar-refractivity contribution in [3.05, 3.63) is 131 Å². The summed E-state index contributed by atoms with van der Waals surface area (Å²) in [6.07, 6.45) is 3.66. The Morgan fingerprint density at radius 1 is 0.870 bits per heavy atom. The van der Waals surface area contributed by atoms with Gasteiger partial charge in [0.25, 0.3) is 0 Å². The predicted octanol–water partition coefficient (Wildman–Crippen LogP) is 7.46. The summed E-state index contributed by atoms with van der Waals surface area (Å²) in [5.41, 5.74) is 5.66. The van der Waals surface area contributed by atoms with Crippen LogP contribution in [0.3, 0.4) is 0 Å². The second-order valence-corrected chi connectivity index (χ2v) is 18.5. The summed E-state index contributed by atoms with van der Waals surface area (Å²) in [5.74, 6) is -0.466. The minimum atomic E-state index is -3.98. The summed E-state index contributed by atoms with van der Waals surface area (Å²) in [6, 6.07) is 30.7. The number of amides is 1. The molecule has 2 bridgehead atoms. The number of carbonyl (C=O) groups is 1. The summed E-state index contributed by atoms with van der Waals surface area (Å²) in [7, 11) is -3.98. The van der Waals surface area contributed by atoms with Crippen molar-refractivity contribution < 1.29 is 27.8 Å². The number of nitrogens with one attached hydrogen (secondary N) is 2. The number of benzene rings is 4. The van der Waals surface area contributed by atoms with E-state index in [0.717, 1.165) is 40.9 Å². The van der Waals surface area contributed by atoms with E-state index in [1.807, 2.05) is 73.7 Å². The van der Waals surface area contributed by atoms with Gasteiger partial charge in [-0.25, -0.2) is 8.42 Å². The average molecular weight is 752 g/mol. The van der Waals surface area contributed by atoms with Gasteiger partial charge >= 0.3 is 0 Å². The van der Waals surface area contributed by atoms with E-state index >= 15 is 0 Å². The highest BCUT2D eigenvalue weighted by atomic mass is 32.2. The van der Waals surface area contributed by atoms with Crippen molar-refractivity contribution in [3.8, 4) is 0 Å². The van der Waals surface area contributed by atoms with Crippen LogP contribution in [0.2, 0.25) is 0 Å². The van der Waals surface area contributed by atoms with E-state index < -0.39 is 28.3 Å². The number of anilines is 1. The fourth-order valence-corrected chi connectivity index (χ4v) is 10.2. The molecule has 2 heterocycles. The predicted molar refractivity (Wildman–Crippen MR) is 210 cm³/mol. The molecule has 2 saturated heterocycles. The SMILES string of the molecule is Cc1ccc(S(=O)(=O)NC(Cc2ccccc2)C(=O)Nc2ccc(C3OC(CN4CC5(C)CC4CC(C)(C)C5)CC(c4ccc(CO)cc4)O3)cc2)cc1. The van der Waals surface area contributed by atoms with Crippen molar-refractivity contribution >= 4 is 21.6 Å². The molecule has 1 amide bonds. The van der Waals surface area contributed by atoms with Gasteiger partial charge in [0.2, 0.25) is 15.9 Å². The van der Waals surface area contributed by atoms with Gasteiger partial charge in [0.15, 0.2) is 6.29 Å². The number of hydrogen-bond acceptors (Lipinski definition) is 7. The summed E-state index contributed by atoms with van der Waals surface area (Å²) in [4.78, 5) is 16.5. The second-order valence-electron chi connectivity index (χ2n) is 16.8. The molecule has 9 nitrogen and oxygen atoms in total. The maximum absolute atomic E-state index is 13.8. The van der Waals surface area contributed by atoms with Gasteiger partial charge in [0.1, 0.15) is 6.04 Å². The van der Waals surface area contributed by atoms with E-state index in [9.17, 15) is 18.3 Å². The van der Waals surface area contributed by atoms with Gasteiger partial charge in [-0.05, 0) is 84.4 Å². The first-order valence-electron chi connectivity index (χ1n) is 19.0. The average Bonchev–Trinajstić information content (AvgIpc) is 3.38. The van der Waals surface area contributed by atoms with Crippen molar-refractivity contribution in [2.45, 2.75) is 102 Å². The molecule has 4 aromatic rings. The minimum absolute atomic E-state index is 0.0137. The molecule has 3 fully saturated rings. The first kappa shape index (κ1) is 38.4. The summed E-state index contributed by atoms with van der Waals surface area (Å²) in [6.45, 7) is 11.0. The van der Waals surface area contributed by atoms with Crippen LogP contribution in [0.4, 0.5) is 5.69 Å². The van der Waals surface area contributed by atoms with E-state index in [0.29, 0.717) is 29.0 Å². The van der Waals surface area contributed by atoms with E-state index in [-0.39, 0.29) is 30.1 Å². The fourth-order valence-electron chi connectivity index (χ4n) is 9.05. The molecule has 10 heteroatoms. The number of rotatable bonds is 12. The van der Waals surface area contributed by atoms with Gasteiger partial charge in [-0.3, -0.25) is 9.69 Å². The third kappa shape index (κ3) is 9.13. The summed E-state index contributed by atoms with van der Waals surface area (Å²) in [5, 5.41) is 12.6. The Kier molecular flexibility index (Phi) is 11.1. The molecule has 54 heavy (non-hydrogen) atoms. The van der Waals surface area contributed by atoms with Crippen LogP contribution in [0.5, 0.6) is 0 Å². The van der Waals surface area contributed by atoms with E-state index in [2.05, 4.69) is 35.7 Å². The lowest BCUT2D eigenvalue weighted by Gasteiger charge is -2.41. The lowest BCUT2D eigenvalue weighted by molar-refractivity contribution is -0.253. The number of sulfonamides is 1. The summed E-state index contributed by atoms with van der Waals surface area (Å²) < 4.78 is 42.8. The van der Waals surface area contributed by atoms with Crippen molar-refractivity contribution in [2.75, 3.05) is 18.4 Å². The molecule has 2 aliphatic heterocycles. The smallest absolute Gasteiger partial charge is 0.242 e. The zero-order valence-electron chi connectivity index (χ0n) is 31.7. The fraction of sp³-hybridized carbons (Fsp3) is 0.432. The molecule has 286 valence electrons. The van der Waals surface area contributed by atoms with Crippen LogP contribution in [-0.4, -0.2) is 55.6 Å². The third-order valence-electron chi connectivity index (χ3n) is 11.3. The Balaban J connectivity index is 1.08. The number of hydrogen-bond donors (Lipinski definition) is 3. The van der Waals surface area contributed by atoms with E-state index in [4.69, 9.17) is 9.47 Å². The summed E-state index contributed by atoms with van der Waals surface area (Å²) >= 11 is 0. The quantitative estimate of drug-likeness (QED) is 0.138. The van der Waals surface area contributed by atoms with Crippen LogP contribution in [0.15, 0.2) is 108 Å². The Hall–Kier alpha value is -3.90. The van der Waals surface area contributed by atoms with Crippen molar-refractivity contribution in [2.24, 2.45) is 10.8 Å². The molecule has 0 radical (unpaired) electrons. The topological polar surface area (TPSA) is 117 Å².